The number of piperazine rings is 1. The second-order valence-corrected chi connectivity index (χ2v) is 4.70. The lowest BCUT2D eigenvalue weighted by Crippen LogP contribution is -2.44. The predicted molar refractivity (Wildman–Crippen MR) is 89.6 cm³/mol. The summed E-state index contributed by atoms with van der Waals surface area (Å²) in [5.41, 5.74) is 2.47. The van der Waals surface area contributed by atoms with Crippen LogP contribution in [0.2, 0.25) is 0 Å². The van der Waals surface area contributed by atoms with Crippen LogP contribution in [0, 0.1) is 6.92 Å². The molecule has 0 unspecified atom stereocenters. The van der Waals surface area contributed by atoms with Gasteiger partial charge in [0.2, 0.25) is 0 Å². The SMILES string of the molecule is C=C[C@H](c1ccc(OC)c(C)c1)N1CCNCC1.Cl.Cl. The molecule has 1 aromatic rings. The van der Waals surface area contributed by atoms with Gasteiger partial charge in [0, 0.05) is 26.2 Å². The zero-order chi connectivity index (χ0) is 13.0. The van der Waals surface area contributed by atoms with Gasteiger partial charge in [-0.1, -0.05) is 18.2 Å². The summed E-state index contributed by atoms with van der Waals surface area (Å²) in [6.07, 6.45) is 2.03. The van der Waals surface area contributed by atoms with Gasteiger partial charge in [0.25, 0.3) is 0 Å². The molecule has 2 rings (SSSR count). The van der Waals surface area contributed by atoms with Gasteiger partial charge in [0.1, 0.15) is 5.75 Å². The molecule has 1 aromatic carbocycles. The first-order valence-electron chi connectivity index (χ1n) is 6.48. The zero-order valence-electron chi connectivity index (χ0n) is 12.1. The minimum atomic E-state index is 0. The first-order chi connectivity index (χ1) is 8.76. The summed E-state index contributed by atoms with van der Waals surface area (Å²) in [7, 11) is 1.71. The van der Waals surface area contributed by atoms with E-state index in [2.05, 4.69) is 35.9 Å². The second kappa shape index (κ2) is 9.24. The number of nitrogens with one attached hydrogen (secondary N) is 1. The maximum atomic E-state index is 5.31. The van der Waals surface area contributed by atoms with Crippen molar-refractivity contribution in [3.05, 3.63) is 42.0 Å². The number of ether oxygens (including phenoxy) is 1. The van der Waals surface area contributed by atoms with Crippen molar-refractivity contribution in [1.82, 2.24) is 10.2 Å². The van der Waals surface area contributed by atoms with Gasteiger partial charge in [-0.3, -0.25) is 4.90 Å². The van der Waals surface area contributed by atoms with Gasteiger partial charge in [-0.2, -0.15) is 0 Å². The molecule has 114 valence electrons. The Hall–Kier alpha value is -0.740. The average molecular weight is 319 g/mol. The molecule has 1 aliphatic rings. The lowest BCUT2D eigenvalue weighted by atomic mass is 10.0. The molecule has 1 N–H and O–H groups in total. The highest BCUT2D eigenvalue weighted by molar-refractivity contribution is 5.85. The third-order valence-corrected chi connectivity index (χ3v) is 3.53. The molecule has 1 atom stereocenters. The van der Waals surface area contributed by atoms with E-state index in [4.69, 9.17) is 4.74 Å². The number of halogens is 2. The van der Waals surface area contributed by atoms with E-state index >= 15 is 0 Å². The van der Waals surface area contributed by atoms with E-state index in [1.54, 1.807) is 7.11 Å². The van der Waals surface area contributed by atoms with E-state index in [1.165, 1.54) is 11.1 Å². The number of nitrogens with zero attached hydrogens (tertiary/aromatic N) is 1. The number of aryl methyl sites for hydroxylation is 1. The topological polar surface area (TPSA) is 24.5 Å². The Morgan fingerprint density at radius 1 is 1.30 bits per heavy atom. The summed E-state index contributed by atoms with van der Waals surface area (Å²) >= 11 is 0. The summed E-state index contributed by atoms with van der Waals surface area (Å²) in [5, 5.41) is 3.38. The fraction of sp³-hybridized carbons (Fsp3) is 0.467. The molecule has 0 saturated carbocycles. The maximum absolute atomic E-state index is 5.31. The Morgan fingerprint density at radius 2 is 1.95 bits per heavy atom. The molecule has 0 amide bonds. The van der Waals surface area contributed by atoms with E-state index in [-0.39, 0.29) is 24.8 Å². The molecule has 1 heterocycles. The van der Waals surface area contributed by atoms with Crippen LogP contribution >= 0.6 is 24.8 Å². The normalized spacial score (nSPS) is 16.5. The summed E-state index contributed by atoms with van der Waals surface area (Å²) in [6, 6.07) is 6.69. The average Bonchev–Trinajstić information content (AvgIpc) is 2.41. The van der Waals surface area contributed by atoms with Gasteiger partial charge < -0.3 is 10.1 Å². The molecule has 0 radical (unpaired) electrons. The van der Waals surface area contributed by atoms with E-state index in [9.17, 15) is 0 Å². The van der Waals surface area contributed by atoms with Gasteiger partial charge in [-0.15, -0.1) is 31.4 Å². The van der Waals surface area contributed by atoms with E-state index < -0.39 is 0 Å². The number of benzene rings is 1. The van der Waals surface area contributed by atoms with Crippen molar-refractivity contribution in [3.63, 3.8) is 0 Å². The van der Waals surface area contributed by atoms with Gasteiger partial charge in [0.15, 0.2) is 0 Å². The second-order valence-electron chi connectivity index (χ2n) is 4.70. The fourth-order valence-electron chi connectivity index (χ4n) is 2.54. The van der Waals surface area contributed by atoms with Gasteiger partial charge in [-0.05, 0) is 24.1 Å². The van der Waals surface area contributed by atoms with Crippen LogP contribution in [0.25, 0.3) is 0 Å². The Labute approximate surface area is 134 Å². The Morgan fingerprint density at radius 3 is 2.45 bits per heavy atom. The molecule has 0 bridgehead atoms. The summed E-state index contributed by atoms with van der Waals surface area (Å²) in [6.45, 7) is 10.3. The van der Waals surface area contributed by atoms with Crippen molar-refractivity contribution in [3.8, 4) is 5.75 Å². The Bertz CT molecular complexity index is 420. The quantitative estimate of drug-likeness (QED) is 0.864. The predicted octanol–water partition coefficient (Wildman–Crippen LogP) is 2.98. The van der Waals surface area contributed by atoms with Crippen LogP contribution in [0.3, 0.4) is 0 Å². The smallest absolute Gasteiger partial charge is 0.121 e. The molecule has 0 aromatic heterocycles. The highest BCUT2D eigenvalue weighted by Crippen LogP contribution is 2.27. The summed E-state index contributed by atoms with van der Waals surface area (Å²) < 4.78 is 5.31. The number of hydrogen-bond donors (Lipinski definition) is 1. The first kappa shape index (κ1) is 19.3. The fourth-order valence-corrected chi connectivity index (χ4v) is 2.54. The van der Waals surface area contributed by atoms with E-state index in [0.29, 0.717) is 6.04 Å². The monoisotopic (exact) mass is 318 g/mol. The van der Waals surface area contributed by atoms with Crippen molar-refractivity contribution in [1.29, 1.82) is 0 Å². The minimum absolute atomic E-state index is 0. The minimum Gasteiger partial charge on any atom is -0.496 e. The third-order valence-electron chi connectivity index (χ3n) is 3.53. The highest BCUT2D eigenvalue weighted by Gasteiger charge is 2.19. The number of methoxy groups -OCH3 is 1. The molecule has 5 heteroatoms. The van der Waals surface area contributed by atoms with Crippen LogP contribution in [0.1, 0.15) is 17.2 Å². The zero-order valence-corrected chi connectivity index (χ0v) is 13.7. The summed E-state index contributed by atoms with van der Waals surface area (Å²) in [4.78, 5) is 2.46. The van der Waals surface area contributed by atoms with Gasteiger partial charge in [-0.25, -0.2) is 0 Å². The molecule has 3 nitrogen and oxygen atoms in total. The molecule has 1 saturated heterocycles. The molecule has 0 spiro atoms. The summed E-state index contributed by atoms with van der Waals surface area (Å²) in [5.74, 6) is 0.946. The van der Waals surface area contributed by atoms with Crippen LogP contribution in [0.4, 0.5) is 0 Å². The van der Waals surface area contributed by atoms with E-state index in [0.717, 1.165) is 31.9 Å². The number of hydrogen-bond acceptors (Lipinski definition) is 3. The molecular weight excluding hydrogens is 295 g/mol. The van der Waals surface area contributed by atoms with Crippen molar-refractivity contribution in [2.24, 2.45) is 0 Å². The molecule has 1 fully saturated rings. The lowest BCUT2D eigenvalue weighted by molar-refractivity contribution is 0.203. The highest BCUT2D eigenvalue weighted by atomic mass is 35.5. The molecule has 1 aliphatic heterocycles. The third kappa shape index (κ3) is 4.38. The number of rotatable bonds is 4. The Balaban J connectivity index is 0.00000180. The van der Waals surface area contributed by atoms with Crippen LogP contribution in [0.5, 0.6) is 5.75 Å². The van der Waals surface area contributed by atoms with Crippen LogP contribution in [-0.2, 0) is 0 Å². The van der Waals surface area contributed by atoms with Crippen LogP contribution < -0.4 is 10.1 Å². The van der Waals surface area contributed by atoms with Crippen LogP contribution in [-0.4, -0.2) is 38.2 Å². The van der Waals surface area contributed by atoms with Crippen molar-refractivity contribution in [2.75, 3.05) is 33.3 Å². The molecule has 20 heavy (non-hydrogen) atoms. The molecular formula is C15H24Cl2N2O. The Kier molecular flexibility index (Phi) is 8.90. The van der Waals surface area contributed by atoms with Gasteiger partial charge >= 0.3 is 0 Å². The molecule has 0 aliphatic carbocycles. The maximum Gasteiger partial charge on any atom is 0.121 e. The largest absolute Gasteiger partial charge is 0.496 e. The van der Waals surface area contributed by atoms with E-state index in [1.807, 2.05) is 12.1 Å². The van der Waals surface area contributed by atoms with Crippen molar-refractivity contribution in [2.45, 2.75) is 13.0 Å². The van der Waals surface area contributed by atoms with Crippen molar-refractivity contribution >= 4 is 24.8 Å². The standard InChI is InChI=1S/C15H22N2O.2ClH/c1-4-14(17-9-7-16-8-10-17)13-5-6-15(18-3)12(2)11-13;;/h4-6,11,14,16H,1,7-10H2,2-3H3;2*1H/t14-;;/m1../s1. The van der Waals surface area contributed by atoms with Crippen LogP contribution in [0.15, 0.2) is 30.9 Å². The van der Waals surface area contributed by atoms with Gasteiger partial charge in [0.05, 0.1) is 13.2 Å². The lowest BCUT2D eigenvalue weighted by Gasteiger charge is -2.33. The van der Waals surface area contributed by atoms with Crippen molar-refractivity contribution < 1.29 is 4.74 Å². The first-order valence-corrected chi connectivity index (χ1v) is 6.48.